The summed E-state index contributed by atoms with van der Waals surface area (Å²) in [6.45, 7) is 5.40. The SMILES string of the molecule is CSC(C)CCNCc1cc(Br)c2c(c1)OCCO2. The van der Waals surface area contributed by atoms with Gasteiger partial charge in [0.05, 0.1) is 4.47 Å². The van der Waals surface area contributed by atoms with E-state index >= 15 is 0 Å². The fourth-order valence-corrected chi connectivity index (χ4v) is 2.88. The van der Waals surface area contributed by atoms with Crippen LogP contribution in [0, 0.1) is 0 Å². The van der Waals surface area contributed by atoms with Gasteiger partial charge in [-0.1, -0.05) is 6.92 Å². The lowest BCUT2D eigenvalue weighted by molar-refractivity contribution is 0.170. The third-order valence-corrected chi connectivity index (χ3v) is 4.75. The van der Waals surface area contributed by atoms with E-state index < -0.39 is 0 Å². The molecule has 0 spiro atoms. The van der Waals surface area contributed by atoms with Gasteiger partial charge < -0.3 is 14.8 Å². The van der Waals surface area contributed by atoms with Crippen LogP contribution in [0.3, 0.4) is 0 Å². The third kappa shape index (κ3) is 4.29. The number of fused-ring (bicyclic) bond motifs is 1. The van der Waals surface area contributed by atoms with E-state index in [-0.39, 0.29) is 0 Å². The van der Waals surface area contributed by atoms with Gasteiger partial charge in [0.25, 0.3) is 0 Å². The molecule has 0 saturated heterocycles. The standard InChI is InChI=1S/C14H20BrNO2S/c1-10(19-2)3-4-16-9-11-7-12(15)14-13(8-11)17-5-6-18-14/h7-8,10,16H,3-6,9H2,1-2H3. The molecule has 1 aromatic carbocycles. The maximum absolute atomic E-state index is 5.62. The van der Waals surface area contributed by atoms with Gasteiger partial charge in [-0.05, 0) is 52.8 Å². The van der Waals surface area contributed by atoms with Gasteiger partial charge in [0.15, 0.2) is 11.5 Å². The summed E-state index contributed by atoms with van der Waals surface area (Å²) in [5.74, 6) is 1.67. The smallest absolute Gasteiger partial charge is 0.175 e. The van der Waals surface area contributed by atoms with E-state index in [0.717, 1.165) is 29.1 Å². The minimum absolute atomic E-state index is 0.621. The van der Waals surface area contributed by atoms with Crippen LogP contribution in [0.15, 0.2) is 16.6 Å². The molecule has 19 heavy (non-hydrogen) atoms. The zero-order valence-corrected chi connectivity index (χ0v) is 13.8. The number of rotatable bonds is 6. The van der Waals surface area contributed by atoms with Crippen LogP contribution in [0.1, 0.15) is 18.9 Å². The van der Waals surface area contributed by atoms with Crippen LogP contribution in [-0.4, -0.2) is 31.3 Å². The Labute approximate surface area is 127 Å². The van der Waals surface area contributed by atoms with Crippen molar-refractivity contribution in [1.82, 2.24) is 5.32 Å². The molecule has 1 aromatic rings. The third-order valence-electron chi connectivity index (χ3n) is 3.12. The summed E-state index contributed by atoms with van der Waals surface area (Å²) in [6.07, 6.45) is 3.34. The highest BCUT2D eigenvalue weighted by Gasteiger charge is 2.16. The van der Waals surface area contributed by atoms with Gasteiger partial charge in [-0.3, -0.25) is 0 Å². The van der Waals surface area contributed by atoms with Crippen molar-refractivity contribution in [3.8, 4) is 11.5 Å². The van der Waals surface area contributed by atoms with Crippen molar-refractivity contribution in [3.63, 3.8) is 0 Å². The van der Waals surface area contributed by atoms with Crippen molar-refractivity contribution in [2.24, 2.45) is 0 Å². The van der Waals surface area contributed by atoms with Gasteiger partial charge in [-0.2, -0.15) is 11.8 Å². The molecule has 3 nitrogen and oxygen atoms in total. The van der Waals surface area contributed by atoms with Crippen molar-refractivity contribution in [2.45, 2.75) is 25.1 Å². The number of thioether (sulfide) groups is 1. The first-order valence-corrected chi connectivity index (χ1v) is 8.60. The Morgan fingerprint density at radius 3 is 2.95 bits per heavy atom. The second-order valence-corrected chi connectivity index (χ2v) is 6.74. The summed E-state index contributed by atoms with van der Waals surface area (Å²) in [5, 5.41) is 4.18. The van der Waals surface area contributed by atoms with Crippen molar-refractivity contribution in [2.75, 3.05) is 26.0 Å². The highest BCUT2D eigenvalue weighted by atomic mass is 79.9. The Hall–Kier alpha value is -0.390. The summed E-state index contributed by atoms with van der Waals surface area (Å²) in [4.78, 5) is 0. The van der Waals surface area contributed by atoms with Gasteiger partial charge in [-0.25, -0.2) is 0 Å². The van der Waals surface area contributed by atoms with Crippen LogP contribution in [-0.2, 0) is 6.54 Å². The van der Waals surface area contributed by atoms with Gasteiger partial charge in [-0.15, -0.1) is 0 Å². The first kappa shape index (κ1) is 15.0. The molecule has 1 aliphatic rings. The average molecular weight is 346 g/mol. The first-order valence-electron chi connectivity index (χ1n) is 6.52. The number of hydrogen-bond acceptors (Lipinski definition) is 4. The van der Waals surface area contributed by atoms with Gasteiger partial charge >= 0.3 is 0 Å². The van der Waals surface area contributed by atoms with E-state index in [2.05, 4.69) is 46.6 Å². The quantitative estimate of drug-likeness (QED) is 0.800. The molecule has 1 unspecified atom stereocenters. The lowest BCUT2D eigenvalue weighted by Gasteiger charge is -2.20. The van der Waals surface area contributed by atoms with Crippen LogP contribution in [0.4, 0.5) is 0 Å². The van der Waals surface area contributed by atoms with E-state index in [1.807, 2.05) is 11.8 Å². The topological polar surface area (TPSA) is 30.5 Å². The van der Waals surface area contributed by atoms with Gasteiger partial charge in [0.2, 0.25) is 0 Å². The number of hydrogen-bond donors (Lipinski definition) is 1. The van der Waals surface area contributed by atoms with Gasteiger partial charge in [0, 0.05) is 11.8 Å². The molecule has 0 bridgehead atoms. The van der Waals surface area contributed by atoms with E-state index in [9.17, 15) is 0 Å². The highest BCUT2D eigenvalue weighted by Crippen LogP contribution is 2.38. The minimum atomic E-state index is 0.621. The largest absolute Gasteiger partial charge is 0.486 e. The van der Waals surface area contributed by atoms with Crippen molar-refractivity contribution in [3.05, 3.63) is 22.2 Å². The fraction of sp³-hybridized carbons (Fsp3) is 0.571. The van der Waals surface area contributed by atoms with Crippen molar-refractivity contribution in [1.29, 1.82) is 0 Å². The number of benzene rings is 1. The molecule has 1 heterocycles. The fourth-order valence-electron chi connectivity index (χ4n) is 1.92. The first-order chi connectivity index (χ1) is 9.20. The summed E-state index contributed by atoms with van der Waals surface area (Å²) in [6, 6.07) is 4.16. The molecular formula is C14H20BrNO2S. The molecule has 1 aliphatic heterocycles. The summed E-state index contributed by atoms with van der Waals surface area (Å²) in [5.41, 5.74) is 1.22. The normalized spacial score (nSPS) is 15.3. The zero-order chi connectivity index (χ0) is 13.7. The molecule has 0 amide bonds. The molecule has 0 fully saturated rings. The predicted octanol–water partition coefficient (Wildman–Crippen LogP) is 3.45. The van der Waals surface area contributed by atoms with E-state index in [4.69, 9.17) is 9.47 Å². The van der Waals surface area contributed by atoms with E-state index in [1.165, 1.54) is 12.0 Å². The molecule has 5 heteroatoms. The number of ether oxygens (including phenoxy) is 2. The number of halogens is 1. The Balaban J connectivity index is 1.89. The second-order valence-electron chi connectivity index (χ2n) is 4.61. The monoisotopic (exact) mass is 345 g/mol. The molecular weight excluding hydrogens is 326 g/mol. The van der Waals surface area contributed by atoms with Gasteiger partial charge in [0.1, 0.15) is 13.2 Å². The van der Waals surface area contributed by atoms with Crippen LogP contribution < -0.4 is 14.8 Å². The summed E-state index contributed by atoms with van der Waals surface area (Å²) < 4.78 is 12.2. The van der Waals surface area contributed by atoms with Crippen LogP contribution in [0.25, 0.3) is 0 Å². The molecule has 0 saturated carbocycles. The van der Waals surface area contributed by atoms with Crippen molar-refractivity contribution < 1.29 is 9.47 Å². The molecule has 106 valence electrons. The maximum atomic E-state index is 5.62. The van der Waals surface area contributed by atoms with Crippen LogP contribution >= 0.6 is 27.7 Å². The molecule has 2 rings (SSSR count). The minimum Gasteiger partial charge on any atom is -0.486 e. The summed E-state index contributed by atoms with van der Waals surface area (Å²) >= 11 is 5.45. The molecule has 0 aliphatic carbocycles. The highest BCUT2D eigenvalue weighted by molar-refractivity contribution is 9.10. The Morgan fingerprint density at radius 1 is 1.37 bits per heavy atom. The van der Waals surface area contributed by atoms with E-state index in [0.29, 0.717) is 18.5 Å². The Bertz CT molecular complexity index is 428. The van der Waals surface area contributed by atoms with Crippen molar-refractivity contribution >= 4 is 27.7 Å². The number of nitrogens with one attached hydrogen (secondary N) is 1. The van der Waals surface area contributed by atoms with Crippen LogP contribution in [0.2, 0.25) is 0 Å². The predicted molar refractivity (Wildman–Crippen MR) is 84.4 cm³/mol. The average Bonchev–Trinajstić information content (AvgIpc) is 2.43. The molecule has 0 aromatic heterocycles. The molecule has 1 N–H and O–H groups in total. The lowest BCUT2D eigenvalue weighted by Crippen LogP contribution is -2.19. The van der Waals surface area contributed by atoms with E-state index in [1.54, 1.807) is 0 Å². The lowest BCUT2D eigenvalue weighted by atomic mass is 10.2. The Morgan fingerprint density at radius 2 is 2.16 bits per heavy atom. The Kier molecular flexibility index (Phi) is 5.85. The second kappa shape index (κ2) is 7.41. The zero-order valence-electron chi connectivity index (χ0n) is 11.4. The molecule has 1 atom stereocenters. The summed E-state index contributed by atoms with van der Waals surface area (Å²) in [7, 11) is 0. The van der Waals surface area contributed by atoms with Crippen LogP contribution in [0.5, 0.6) is 11.5 Å². The maximum Gasteiger partial charge on any atom is 0.175 e. The molecule has 0 radical (unpaired) electrons.